The summed E-state index contributed by atoms with van der Waals surface area (Å²) in [6, 6.07) is 11.1. The highest BCUT2D eigenvalue weighted by Gasteiger charge is 2.22. The van der Waals surface area contributed by atoms with Gasteiger partial charge in [0.05, 0.1) is 14.2 Å². The molecule has 132 valence electrons. The molecule has 0 saturated heterocycles. The van der Waals surface area contributed by atoms with Gasteiger partial charge in [-0.1, -0.05) is 6.07 Å². The van der Waals surface area contributed by atoms with Gasteiger partial charge in [0.25, 0.3) is 5.91 Å². The van der Waals surface area contributed by atoms with Gasteiger partial charge in [0.15, 0.2) is 17.6 Å². The van der Waals surface area contributed by atoms with Crippen molar-refractivity contribution in [2.24, 2.45) is 0 Å². The number of hydrogen-bond acceptors (Lipinski definition) is 6. The highest BCUT2D eigenvalue weighted by Crippen LogP contribution is 2.30. The van der Waals surface area contributed by atoms with E-state index in [0.29, 0.717) is 11.4 Å². The van der Waals surface area contributed by atoms with Crippen LogP contribution in [0.25, 0.3) is 0 Å². The topological polar surface area (TPSA) is 94.1 Å². The Morgan fingerprint density at radius 2 is 1.72 bits per heavy atom. The molecule has 7 nitrogen and oxygen atoms in total. The van der Waals surface area contributed by atoms with E-state index in [4.69, 9.17) is 14.2 Å². The first-order valence-corrected chi connectivity index (χ1v) is 7.48. The number of anilines is 1. The number of hydrogen-bond donors (Lipinski definition) is 2. The van der Waals surface area contributed by atoms with Crippen LogP contribution in [-0.4, -0.2) is 37.3 Å². The first-order valence-electron chi connectivity index (χ1n) is 7.48. The average Bonchev–Trinajstić information content (AvgIpc) is 2.62. The molecule has 0 radical (unpaired) electrons. The summed E-state index contributed by atoms with van der Waals surface area (Å²) in [6.07, 6.45) is -1.06. The lowest BCUT2D eigenvalue weighted by Gasteiger charge is -2.15. The van der Waals surface area contributed by atoms with E-state index in [1.165, 1.54) is 32.2 Å². The Labute approximate surface area is 145 Å². The highest BCUT2D eigenvalue weighted by molar-refractivity contribution is 5.98. The lowest BCUT2D eigenvalue weighted by Crippen LogP contribution is -2.30. The molecular formula is C18H19NO6. The van der Waals surface area contributed by atoms with Gasteiger partial charge in [-0.05, 0) is 43.3 Å². The molecule has 1 unspecified atom stereocenters. The predicted octanol–water partition coefficient (Wildman–Crippen LogP) is 2.59. The molecule has 2 N–H and O–H groups in total. The summed E-state index contributed by atoms with van der Waals surface area (Å²) in [4.78, 5) is 24.3. The summed E-state index contributed by atoms with van der Waals surface area (Å²) in [5.74, 6) is -0.858. The number of amides is 1. The number of phenols is 1. The zero-order valence-corrected chi connectivity index (χ0v) is 14.1. The summed E-state index contributed by atoms with van der Waals surface area (Å²) in [5.41, 5.74) is 0.460. The quantitative estimate of drug-likeness (QED) is 0.782. The van der Waals surface area contributed by atoms with E-state index in [1.54, 1.807) is 31.4 Å². The minimum Gasteiger partial charge on any atom is -0.504 e. The number of phenolic OH excluding ortho intramolecular Hbond substituents is 1. The molecule has 2 rings (SSSR count). The van der Waals surface area contributed by atoms with Crippen molar-refractivity contribution in [2.75, 3.05) is 19.5 Å². The van der Waals surface area contributed by atoms with Gasteiger partial charge in [-0.15, -0.1) is 0 Å². The lowest BCUT2D eigenvalue weighted by atomic mass is 10.2. The Hall–Kier alpha value is -3.22. The summed E-state index contributed by atoms with van der Waals surface area (Å²) in [5, 5.41) is 12.6. The van der Waals surface area contributed by atoms with E-state index < -0.39 is 18.0 Å². The van der Waals surface area contributed by atoms with Crippen molar-refractivity contribution in [1.29, 1.82) is 0 Å². The van der Waals surface area contributed by atoms with Gasteiger partial charge < -0.3 is 24.6 Å². The fourth-order valence-corrected chi connectivity index (χ4v) is 2.05. The van der Waals surface area contributed by atoms with Gasteiger partial charge in [-0.2, -0.15) is 0 Å². The largest absolute Gasteiger partial charge is 0.504 e. The standard InChI is InChI=1S/C18H19NO6/c1-11(17(21)19-12-7-9-13(23-2)10-8-12)25-18(22)14-5-4-6-15(24-3)16(14)20/h4-11,20H,1-3H3,(H,19,21). The Kier molecular flexibility index (Phi) is 5.84. The number of nitrogens with one attached hydrogen (secondary N) is 1. The van der Waals surface area contributed by atoms with Crippen molar-refractivity contribution in [3.8, 4) is 17.2 Å². The van der Waals surface area contributed by atoms with E-state index in [-0.39, 0.29) is 17.1 Å². The molecule has 0 aliphatic rings. The molecule has 25 heavy (non-hydrogen) atoms. The average molecular weight is 345 g/mol. The Morgan fingerprint density at radius 3 is 2.32 bits per heavy atom. The third kappa shape index (κ3) is 4.41. The number of esters is 1. The second-order valence-corrected chi connectivity index (χ2v) is 5.12. The van der Waals surface area contributed by atoms with Gasteiger partial charge in [-0.3, -0.25) is 4.79 Å². The molecule has 1 amide bonds. The fourth-order valence-electron chi connectivity index (χ4n) is 2.05. The zero-order chi connectivity index (χ0) is 18.4. The minimum absolute atomic E-state index is 0.0801. The van der Waals surface area contributed by atoms with Crippen molar-refractivity contribution >= 4 is 17.6 Å². The third-order valence-electron chi connectivity index (χ3n) is 3.45. The van der Waals surface area contributed by atoms with E-state index >= 15 is 0 Å². The van der Waals surface area contributed by atoms with Crippen LogP contribution in [0.5, 0.6) is 17.2 Å². The molecular weight excluding hydrogens is 326 g/mol. The molecule has 1 atom stereocenters. The van der Waals surface area contributed by atoms with Crippen LogP contribution in [-0.2, 0) is 9.53 Å². The summed E-state index contributed by atoms with van der Waals surface area (Å²) in [7, 11) is 2.91. The number of carbonyl (C=O) groups is 2. The maximum Gasteiger partial charge on any atom is 0.342 e. The monoisotopic (exact) mass is 345 g/mol. The van der Waals surface area contributed by atoms with Gasteiger partial charge in [0.2, 0.25) is 0 Å². The minimum atomic E-state index is -1.06. The van der Waals surface area contributed by atoms with Crippen LogP contribution in [0.4, 0.5) is 5.69 Å². The van der Waals surface area contributed by atoms with Crippen molar-refractivity contribution in [3.05, 3.63) is 48.0 Å². The fraction of sp³-hybridized carbons (Fsp3) is 0.222. The number of para-hydroxylation sites is 1. The van der Waals surface area contributed by atoms with E-state index in [2.05, 4.69) is 5.32 Å². The summed E-state index contributed by atoms with van der Waals surface area (Å²) in [6.45, 7) is 1.44. The van der Waals surface area contributed by atoms with Crippen molar-refractivity contribution in [3.63, 3.8) is 0 Å². The summed E-state index contributed by atoms with van der Waals surface area (Å²) < 4.78 is 15.1. The maximum atomic E-state index is 12.2. The first-order chi connectivity index (χ1) is 12.0. The third-order valence-corrected chi connectivity index (χ3v) is 3.45. The number of benzene rings is 2. The van der Waals surface area contributed by atoms with Crippen molar-refractivity contribution < 1.29 is 28.9 Å². The maximum absolute atomic E-state index is 12.2. The van der Waals surface area contributed by atoms with Crippen molar-refractivity contribution in [2.45, 2.75) is 13.0 Å². The first kappa shape index (κ1) is 18.1. The molecule has 2 aromatic carbocycles. The van der Waals surface area contributed by atoms with Crippen LogP contribution in [0.2, 0.25) is 0 Å². The molecule has 0 aliphatic carbocycles. The van der Waals surface area contributed by atoms with Crippen LogP contribution in [0.3, 0.4) is 0 Å². The number of ether oxygens (including phenoxy) is 3. The van der Waals surface area contributed by atoms with Crippen LogP contribution in [0.15, 0.2) is 42.5 Å². The van der Waals surface area contributed by atoms with Crippen molar-refractivity contribution in [1.82, 2.24) is 0 Å². The SMILES string of the molecule is COc1ccc(NC(=O)C(C)OC(=O)c2cccc(OC)c2O)cc1. The Bertz CT molecular complexity index is 757. The van der Waals surface area contributed by atoms with Crippen LogP contribution >= 0.6 is 0 Å². The molecule has 0 heterocycles. The molecule has 7 heteroatoms. The molecule has 0 saturated carbocycles. The molecule has 0 fully saturated rings. The van der Waals surface area contributed by atoms with Crippen LogP contribution in [0, 0.1) is 0 Å². The molecule has 2 aromatic rings. The normalized spacial score (nSPS) is 11.3. The number of methoxy groups -OCH3 is 2. The second kappa shape index (κ2) is 8.05. The predicted molar refractivity (Wildman–Crippen MR) is 91.2 cm³/mol. The van der Waals surface area contributed by atoms with Gasteiger partial charge in [-0.25, -0.2) is 4.79 Å². The van der Waals surface area contributed by atoms with E-state index in [1.807, 2.05) is 0 Å². The van der Waals surface area contributed by atoms with Crippen LogP contribution in [0.1, 0.15) is 17.3 Å². The Morgan fingerprint density at radius 1 is 1.04 bits per heavy atom. The second-order valence-electron chi connectivity index (χ2n) is 5.12. The lowest BCUT2D eigenvalue weighted by molar-refractivity contribution is -0.123. The summed E-state index contributed by atoms with van der Waals surface area (Å²) >= 11 is 0. The molecule has 0 aromatic heterocycles. The molecule has 0 aliphatic heterocycles. The highest BCUT2D eigenvalue weighted by atomic mass is 16.5. The van der Waals surface area contributed by atoms with E-state index in [0.717, 1.165) is 0 Å². The van der Waals surface area contributed by atoms with Gasteiger partial charge in [0.1, 0.15) is 11.3 Å². The van der Waals surface area contributed by atoms with Gasteiger partial charge >= 0.3 is 5.97 Å². The number of rotatable bonds is 6. The molecule has 0 spiro atoms. The number of carbonyl (C=O) groups excluding carboxylic acids is 2. The number of aromatic hydroxyl groups is 1. The van der Waals surface area contributed by atoms with Gasteiger partial charge in [0, 0.05) is 5.69 Å². The smallest absolute Gasteiger partial charge is 0.342 e. The van der Waals surface area contributed by atoms with E-state index in [9.17, 15) is 14.7 Å². The van der Waals surface area contributed by atoms with Crippen LogP contribution < -0.4 is 14.8 Å². The zero-order valence-electron chi connectivity index (χ0n) is 14.1. The Balaban J connectivity index is 2.01. The molecule has 0 bridgehead atoms.